The second-order valence-corrected chi connectivity index (χ2v) is 5.99. The normalized spacial score (nSPS) is 10.7. The third-order valence-corrected chi connectivity index (χ3v) is 4.35. The van der Waals surface area contributed by atoms with Crippen molar-refractivity contribution in [2.75, 3.05) is 23.3 Å². The summed E-state index contributed by atoms with van der Waals surface area (Å²) in [6.45, 7) is 5.23. The van der Waals surface area contributed by atoms with Gasteiger partial charge in [0.2, 0.25) is 11.0 Å². The Bertz CT molecular complexity index is 859. The van der Waals surface area contributed by atoms with E-state index < -0.39 is 0 Å². The van der Waals surface area contributed by atoms with Crippen molar-refractivity contribution in [1.29, 1.82) is 0 Å². The Balaban J connectivity index is 1.90. The van der Waals surface area contributed by atoms with Crippen LogP contribution in [-0.2, 0) is 7.05 Å². The van der Waals surface area contributed by atoms with Gasteiger partial charge in [-0.05, 0) is 26.0 Å². The summed E-state index contributed by atoms with van der Waals surface area (Å²) in [4.78, 5) is 27.4. The second kappa shape index (κ2) is 7.39. The molecular weight excluding hydrogens is 338 g/mol. The highest BCUT2D eigenvalue weighted by atomic mass is 32.1. The molecule has 3 aromatic heterocycles. The fourth-order valence-corrected chi connectivity index (χ4v) is 3.08. The van der Waals surface area contributed by atoms with Crippen LogP contribution in [0.5, 0.6) is 0 Å². The van der Waals surface area contributed by atoms with Crippen LogP contribution in [0.15, 0.2) is 30.7 Å². The van der Waals surface area contributed by atoms with E-state index in [1.54, 1.807) is 41.2 Å². The first-order valence-electron chi connectivity index (χ1n) is 7.97. The Kier molecular flexibility index (Phi) is 5.03. The third-order valence-electron chi connectivity index (χ3n) is 3.68. The zero-order valence-electron chi connectivity index (χ0n) is 14.3. The topological polar surface area (TPSA) is 88.8 Å². The maximum atomic E-state index is 12.9. The van der Waals surface area contributed by atoms with Gasteiger partial charge in [-0.2, -0.15) is 9.36 Å². The summed E-state index contributed by atoms with van der Waals surface area (Å²) >= 11 is 1.27. The minimum atomic E-state index is -0.140. The van der Waals surface area contributed by atoms with E-state index in [-0.39, 0.29) is 5.91 Å². The molecule has 3 aromatic rings. The zero-order valence-corrected chi connectivity index (χ0v) is 15.1. The van der Waals surface area contributed by atoms with E-state index in [1.807, 2.05) is 19.9 Å². The first-order chi connectivity index (χ1) is 12.2. The van der Waals surface area contributed by atoms with E-state index in [0.717, 1.165) is 17.4 Å². The number of rotatable bonds is 6. The fourth-order valence-electron chi connectivity index (χ4n) is 2.45. The Morgan fingerprint density at radius 3 is 2.88 bits per heavy atom. The minimum absolute atomic E-state index is 0.140. The molecule has 130 valence electrons. The van der Waals surface area contributed by atoms with Crippen molar-refractivity contribution in [2.24, 2.45) is 7.05 Å². The molecule has 0 aliphatic carbocycles. The van der Waals surface area contributed by atoms with Crippen molar-refractivity contribution in [2.45, 2.75) is 13.8 Å². The lowest BCUT2D eigenvalue weighted by molar-refractivity contribution is 0.0980. The predicted molar refractivity (Wildman–Crippen MR) is 97.9 cm³/mol. The quantitative estimate of drug-likeness (QED) is 0.729. The molecule has 3 heterocycles. The van der Waals surface area contributed by atoms with Gasteiger partial charge in [0, 0.05) is 37.9 Å². The summed E-state index contributed by atoms with van der Waals surface area (Å²) < 4.78 is 6.03. The van der Waals surface area contributed by atoms with Gasteiger partial charge in [-0.25, -0.2) is 4.98 Å². The highest BCUT2D eigenvalue weighted by Crippen LogP contribution is 2.22. The van der Waals surface area contributed by atoms with E-state index in [0.29, 0.717) is 23.9 Å². The van der Waals surface area contributed by atoms with E-state index in [9.17, 15) is 4.79 Å². The van der Waals surface area contributed by atoms with Crippen molar-refractivity contribution in [3.63, 3.8) is 0 Å². The number of hydrogen-bond acceptors (Lipinski definition) is 7. The number of carbonyl (C=O) groups is 1. The van der Waals surface area contributed by atoms with Gasteiger partial charge in [0.15, 0.2) is 5.82 Å². The lowest BCUT2D eigenvalue weighted by Gasteiger charge is -2.20. The van der Waals surface area contributed by atoms with E-state index in [1.165, 1.54) is 11.5 Å². The monoisotopic (exact) mass is 357 g/mol. The molecule has 0 saturated heterocycles. The Labute approximate surface area is 149 Å². The molecule has 9 heteroatoms. The molecule has 0 bridgehead atoms. The van der Waals surface area contributed by atoms with Crippen LogP contribution in [0.25, 0.3) is 11.6 Å². The lowest BCUT2D eigenvalue weighted by Crippen LogP contribution is -2.32. The number of amides is 1. The Morgan fingerprint density at radius 2 is 2.20 bits per heavy atom. The maximum absolute atomic E-state index is 12.9. The fraction of sp³-hybridized carbons (Fsp3) is 0.312. The number of nitrogens with zero attached hydrogens (tertiary/aromatic N) is 6. The second-order valence-electron chi connectivity index (χ2n) is 5.24. The molecule has 1 N–H and O–H groups in total. The number of anilines is 2. The molecule has 0 aliphatic heterocycles. The standard InChI is InChI=1S/C16H19N7OS/c1-4-18-16-20-13(21-25-16)14-19-10-12(22(14)3)15(24)23(5-2)11-7-6-8-17-9-11/h6-10H,4-5H2,1-3H3,(H,18,20,21). The van der Waals surface area contributed by atoms with Gasteiger partial charge in [0.05, 0.1) is 18.1 Å². The molecule has 8 nitrogen and oxygen atoms in total. The zero-order chi connectivity index (χ0) is 17.8. The predicted octanol–water partition coefficient (Wildman–Crippen LogP) is 2.43. The molecular formula is C16H19N7OS. The highest BCUT2D eigenvalue weighted by Gasteiger charge is 2.23. The van der Waals surface area contributed by atoms with Crippen LogP contribution in [0.3, 0.4) is 0 Å². The van der Waals surface area contributed by atoms with Crippen LogP contribution < -0.4 is 10.2 Å². The van der Waals surface area contributed by atoms with Crippen molar-refractivity contribution >= 4 is 28.3 Å². The van der Waals surface area contributed by atoms with Gasteiger partial charge in [-0.3, -0.25) is 9.78 Å². The van der Waals surface area contributed by atoms with Crippen molar-refractivity contribution in [3.8, 4) is 11.6 Å². The van der Waals surface area contributed by atoms with Gasteiger partial charge in [-0.1, -0.05) is 0 Å². The number of imidazole rings is 1. The van der Waals surface area contributed by atoms with Gasteiger partial charge in [0.1, 0.15) is 5.69 Å². The van der Waals surface area contributed by atoms with E-state index in [2.05, 4.69) is 24.6 Å². The molecule has 3 rings (SSSR count). The number of hydrogen-bond donors (Lipinski definition) is 1. The Morgan fingerprint density at radius 1 is 1.36 bits per heavy atom. The average Bonchev–Trinajstić information content (AvgIpc) is 3.23. The molecule has 0 aliphatic rings. The van der Waals surface area contributed by atoms with Crippen molar-refractivity contribution in [1.82, 2.24) is 23.9 Å². The number of aromatic nitrogens is 5. The van der Waals surface area contributed by atoms with Crippen LogP contribution >= 0.6 is 11.5 Å². The first kappa shape index (κ1) is 17.0. The summed E-state index contributed by atoms with van der Waals surface area (Å²) in [6, 6.07) is 3.66. The van der Waals surface area contributed by atoms with Crippen LogP contribution in [0, 0.1) is 0 Å². The molecule has 0 atom stereocenters. The van der Waals surface area contributed by atoms with Gasteiger partial charge in [-0.15, -0.1) is 0 Å². The van der Waals surface area contributed by atoms with Crippen molar-refractivity contribution < 1.29 is 4.79 Å². The Hall–Kier alpha value is -2.81. The lowest BCUT2D eigenvalue weighted by atomic mass is 10.3. The van der Waals surface area contributed by atoms with Crippen LogP contribution in [0.2, 0.25) is 0 Å². The molecule has 0 spiro atoms. The third kappa shape index (κ3) is 3.36. The average molecular weight is 357 g/mol. The minimum Gasteiger partial charge on any atom is -0.361 e. The molecule has 0 saturated carbocycles. The summed E-state index contributed by atoms with van der Waals surface area (Å²) in [5, 5.41) is 3.86. The highest BCUT2D eigenvalue weighted by molar-refractivity contribution is 7.09. The van der Waals surface area contributed by atoms with E-state index >= 15 is 0 Å². The van der Waals surface area contributed by atoms with Gasteiger partial charge in [0.25, 0.3) is 5.91 Å². The van der Waals surface area contributed by atoms with Crippen molar-refractivity contribution in [3.05, 3.63) is 36.4 Å². The summed E-state index contributed by atoms with van der Waals surface area (Å²) in [6.07, 6.45) is 4.91. The molecule has 0 radical (unpaired) electrons. The van der Waals surface area contributed by atoms with Crippen LogP contribution in [-0.4, -0.2) is 42.9 Å². The smallest absolute Gasteiger partial charge is 0.276 e. The maximum Gasteiger partial charge on any atom is 0.276 e. The molecule has 0 fully saturated rings. The summed E-state index contributed by atoms with van der Waals surface area (Å²) in [5.74, 6) is 0.928. The molecule has 0 unspecified atom stereocenters. The summed E-state index contributed by atoms with van der Waals surface area (Å²) in [5.41, 5.74) is 1.22. The van der Waals surface area contributed by atoms with Gasteiger partial charge < -0.3 is 14.8 Å². The first-order valence-corrected chi connectivity index (χ1v) is 8.74. The van der Waals surface area contributed by atoms with E-state index in [4.69, 9.17) is 0 Å². The molecule has 0 aromatic carbocycles. The number of pyridine rings is 1. The molecule has 1 amide bonds. The largest absolute Gasteiger partial charge is 0.361 e. The number of nitrogens with one attached hydrogen (secondary N) is 1. The van der Waals surface area contributed by atoms with Crippen LogP contribution in [0.1, 0.15) is 24.3 Å². The SMILES string of the molecule is CCNc1nc(-c2ncc(C(=O)N(CC)c3cccnc3)n2C)ns1. The number of carbonyl (C=O) groups excluding carboxylic acids is 1. The molecule has 25 heavy (non-hydrogen) atoms. The van der Waals surface area contributed by atoms with Gasteiger partial charge >= 0.3 is 0 Å². The van der Waals surface area contributed by atoms with Crippen LogP contribution in [0.4, 0.5) is 10.8 Å². The summed E-state index contributed by atoms with van der Waals surface area (Å²) in [7, 11) is 1.79.